The number of amides is 1. The van der Waals surface area contributed by atoms with Crippen molar-refractivity contribution in [3.8, 4) is 5.69 Å². The summed E-state index contributed by atoms with van der Waals surface area (Å²) in [7, 11) is 0. The summed E-state index contributed by atoms with van der Waals surface area (Å²) in [6, 6.07) is 15.4. The first-order valence-electron chi connectivity index (χ1n) is 9.18. The Bertz CT molecular complexity index is 1220. The van der Waals surface area contributed by atoms with Gasteiger partial charge in [-0.15, -0.1) is 0 Å². The van der Waals surface area contributed by atoms with Crippen LogP contribution >= 0.6 is 0 Å². The smallest absolute Gasteiger partial charge is 0.311 e. The molecule has 0 saturated heterocycles. The van der Waals surface area contributed by atoms with E-state index in [1.54, 1.807) is 29.8 Å². The monoisotopic (exact) mass is 413 g/mol. The van der Waals surface area contributed by atoms with Crippen molar-refractivity contribution in [2.24, 2.45) is 0 Å². The summed E-state index contributed by atoms with van der Waals surface area (Å²) in [4.78, 5) is 16.3. The van der Waals surface area contributed by atoms with E-state index in [-0.39, 0.29) is 11.0 Å². The standard InChI is InChI=1S/C21H18F3N5O/c1-13-7-9-15(10-8-13)29-18(11-14(2)27-29)26-19(30)12-28-17-6-4-3-5-16(17)25-20(28)21(22,23)24/h3-11H,12H2,1-2H3,(H,26,30). The molecule has 0 aliphatic carbocycles. The average Bonchev–Trinajstić information content (AvgIpc) is 3.23. The van der Waals surface area contributed by atoms with Crippen molar-refractivity contribution >= 4 is 22.8 Å². The van der Waals surface area contributed by atoms with Gasteiger partial charge in [-0.2, -0.15) is 18.3 Å². The number of nitrogens with one attached hydrogen (secondary N) is 1. The second-order valence-electron chi connectivity index (χ2n) is 6.97. The number of anilines is 1. The number of halogens is 3. The van der Waals surface area contributed by atoms with E-state index >= 15 is 0 Å². The SMILES string of the molecule is Cc1ccc(-n2nc(C)cc2NC(=O)Cn2c(C(F)(F)F)nc3ccccc32)cc1. The molecule has 0 unspecified atom stereocenters. The van der Waals surface area contributed by atoms with Crippen molar-refractivity contribution in [1.29, 1.82) is 0 Å². The van der Waals surface area contributed by atoms with E-state index in [1.807, 2.05) is 31.2 Å². The van der Waals surface area contributed by atoms with Crippen molar-refractivity contribution in [1.82, 2.24) is 19.3 Å². The Labute approximate surface area is 170 Å². The van der Waals surface area contributed by atoms with Crippen LogP contribution in [0.25, 0.3) is 16.7 Å². The third kappa shape index (κ3) is 3.78. The number of para-hydroxylation sites is 2. The molecule has 2 aromatic carbocycles. The number of hydrogen-bond acceptors (Lipinski definition) is 3. The molecule has 4 rings (SSSR count). The number of nitrogens with zero attached hydrogens (tertiary/aromatic N) is 4. The normalized spacial score (nSPS) is 11.8. The summed E-state index contributed by atoms with van der Waals surface area (Å²) in [5, 5.41) is 7.04. The van der Waals surface area contributed by atoms with Crippen LogP contribution in [-0.2, 0) is 17.5 Å². The predicted molar refractivity (Wildman–Crippen MR) is 106 cm³/mol. The fourth-order valence-corrected chi connectivity index (χ4v) is 3.25. The van der Waals surface area contributed by atoms with E-state index in [4.69, 9.17) is 0 Å². The van der Waals surface area contributed by atoms with Crippen molar-refractivity contribution in [2.45, 2.75) is 26.6 Å². The number of imidazole rings is 1. The van der Waals surface area contributed by atoms with Gasteiger partial charge in [0.1, 0.15) is 12.4 Å². The van der Waals surface area contributed by atoms with Gasteiger partial charge in [0, 0.05) is 6.07 Å². The number of carbonyl (C=O) groups is 1. The predicted octanol–water partition coefficient (Wildman–Crippen LogP) is 4.50. The van der Waals surface area contributed by atoms with Crippen LogP contribution in [0, 0.1) is 13.8 Å². The van der Waals surface area contributed by atoms with Gasteiger partial charge in [-0.1, -0.05) is 29.8 Å². The minimum atomic E-state index is -4.68. The molecule has 1 N–H and O–H groups in total. The first-order valence-corrected chi connectivity index (χ1v) is 9.18. The van der Waals surface area contributed by atoms with Crippen molar-refractivity contribution in [2.75, 3.05) is 5.32 Å². The van der Waals surface area contributed by atoms with E-state index in [9.17, 15) is 18.0 Å². The molecule has 0 fully saturated rings. The third-order valence-corrected chi connectivity index (χ3v) is 4.59. The number of benzene rings is 2. The van der Waals surface area contributed by atoms with Gasteiger partial charge in [0.25, 0.3) is 0 Å². The number of fused-ring (bicyclic) bond motifs is 1. The lowest BCUT2D eigenvalue weighted by Gasteiger charge is -2.13. The second-order valence-corrected chi connectivity index (χ2v) is 6.97. The van der Waals surface area contributed by atoms with E-state index in [1.165, 1.54) is 12.1 Å². The van der Waals surface area contributed by atoms with Crippen LogP contribution < -0.4 is 5.32 Å². The lowest BCUT2D eigenvalue weighted by atomic mass is 10.2. The fraction of sp³-hybridized carbons (Fsp3) is 0.190. The van der Waals surface area contributed by atoms with Crippen LogP contribution in [0.4, 0.5) is 19.0 Å². The topological polar surface area (TPSA) is 64.7 Å². The number of carbonyl (C=O) groups excluding carboxylic acids is 1. The lowest BCUT2D eigenvalue weighted by Crippen LogP contribution is -2.24. The molecule has 0 aliphatic rings. The van der Waals surface area contributed by atoms with Crippen LogP contribution in [-0.4, -0.2) is 25.2 Å². The molecule has 30 heavy (non-hydrogen) atoms. The quantitative estimate of drug-likeness (QED) is 0.536. The highest BCUT2D eigenvalue weighted by Crippen LogP contribution is 2.31. The van der Waals surface area contributed by atoms with E-state index in [2.05, 4.69) is 15.4 Å². The second kappa shape index (κ2) is 7.33. The molecule has 0 aliphatic heterocycles. The summed E-state index contributed by atoms with van der Waals surface area (Å²) in [6.45, 7) is 3.19. The van der Waals surface area contributed by atoms with Crippen molar-refractivity contribution < 1.29 is 18.0 Å². The first-order chi connectivity index (χ1) is 14.2. The zero-order chi connectivity index (χ0) is 21.5. The number of aromatic nitrogens is 4. The van der Waals surface area contributed by atoms with Crippen molar-refractivity contribution in [3.05, 3.63) is 71.7 Å². The Balaban J connectivity index is 1.65. The highest BCUT2D eigenvalue weighted by molar-refractivity contribution is 5.91. The van der Waals surface area contributed by atoms with Crippen LogP contribution in [0.3, 0.4) is 0 Å². The molecule has 0 saturated carbocycles. The number of aryl methyl sites for hydroxylation is 2. The summed E-state index contributed by atoms with van der Waals surface area (Å²) >= 11 is 0. The maximum atomic E-state index is 13.5. The Morgan fingerprint density at radius 3 is 2.47 bits per heavy atom. The number of rotatable bonds is 4. The van der Waals surface area contributed by atoms with E-state index in [0.29, 0.717) is 11.5 Å². The molecule has 6 nitrogen and oxygen atoms in total. The van der Waals surface area contributed by atoms with E-state index in [0.717, 1.165) is 15.8 Å². The van der Waals surface area contributed by atoms with Gasteiger partial charge < -0.3 is 9.88 Å². The molecule has 0 radical (unpaired) electrons. The van der Waals surface area contributed by atoms with Gasteiger partial charge in [-0.25, -0.2) is 9.67 Å². The molecular weight excluding hydrogens is 395 g/mol. The van der Waals surface area contributed by atoms with Gasteiger partial charge in [0.05, 0.1) is 22.4 Å². The number of hydrogen-bond donors (Lipinski definition) is 1. The molecule has 9 heteroatoms. The van der Waals surface area contributed by atoms with Crippen LogP contribution in [0.5, 0.6) is 0 Å². The van der Waals surface area contributed by atoms with Gasteiger partial charge in [0.15, 0.2) is 0 Å². The van der Waals surface area contributed by atoms with E-state index < -0.39 is 24.5 Å². The molecule has 0 atom stereocenters. The summed E-state index contributed by atoms with van der Waals surface area (Å²) in [5.74, 6) is -1.35. The first kappa shape index (κ1) is 19.7. The molecule has 2 aromatic heterocycles. The zero-order valence-electron chi connectivity index (χ0n) is 16.2. The Hall–Kier alpha value is -3.62. The zero-order valence-corrected chi connectivity index (χ0v) is 16.2. The molecule has 4 aromatic rings. The Morgan fingerprint density at radius 2 is 1.77 bits per heavy atom. The van der Waals surface area contributed by atoms with Gasteiger partial charge in [-0.3, -0.25) is 4.79 Å². The molecule has 1 amide bonds. The summed E-state index contributed by atoms with van der Waals surface area (Å²) < 4.78 is 42.8. The van der Waals surface area contributed by atoms with Gasteiger partial charge in [0.2, 0.25) is 11.7 Å². The van der Waals surface area contributed by atoms with Crippen LogP contribution in [0.15, 0.2) is 54.6 Å². The van der Waals surface area contributed by atoms with Gasteiger partial charge in [-0.05, 0) is 38.1 Å². The fourth-order valence-electron chi connectivity index (χ4n) is 3.25. The highest BCUT2D eigenvalue weighted by Gasteiger charge is 2.38. The minimum absolute atomic E-state index is 0.179. The van der Waals surface area contributed by atoms with Crippen LogP contribution in [0.2, 0.25) is 0 Å². The van der Waals surface area contributed by atoms with Crippen LogP contribution in [0.1, 0.15) is 17.1 Å². The summed E-state index contributed by atoms with van der Waals surface area (Å²) in [6.07, 6.45) is -4.68. The largest absolute Gasteiger partial charge is 0.449 e. The van der Waals surface area contributed by atoms with Gasteiger partial charge >= 0.3 is 6.18 Å². The van der Waals surface area contributed by atoms with Crippen molar-refractivity contribution in [3.63, 3.8) is 0 Å². The third-order valence-electron chi connectivity index (χ3n) is 4.59. The Morgan fingerprint density at radius 1 is 1.07 bits per heavy atom. The molecule has 154 valence electrons. The Kier molecular flexibility index (Phi) is 4.81. The highest BCUT2D eigenvalue weighted by atomic mass is 19.4. The molecule has 2 heterocycles. The summed E-state index contributed by atoms with van der Waals surface area (Å²) in [5.41, 5.74) is 2.88. The average molecular weight is 413 g/mol. The molecular formula is C21H18F3N5O. The minimum Gasteiger partial charge on any atom is -0.311 e. The maximum Gasteiger partial charge on any atom is 0.449 e. The lowest BCUT2D eigenvalue weighted by molar-refractivity contribution is -0.147. The maximum absolute atomic E-state index is 13.5. The number of alkyl halides is 3. The molecule has 0 bridgehead atoms. The molecule has 0 spiro atoms.